The highest BCUT2D eigenvalue weighted by Gasteiger charge is 2.36. The average molecular weight is 473 g/mol. The van der Waals surface area contributed by atoms with Crippen molar-refractivity contribution in [3.8, 4) is 11.5 Å². The van der Waals surface area contributed by atoms with E-state index in [-0.39, 0.29) is 29.4 Å². The molecule has 2 N–H and O–H groups in total. The van der Waals surface area contributed by atoms with E-state index in [0.717, 1.165) is 62.5 Å². The predicted octanol–water partition coefficient (Wildman–Crippen LogP) is 2.66. The van der Waals surface area contributed by atoms with Crippen LogP contribution < -0.4 is 20.1 Å². The number of nitrogens with one attached hydrogen (secondary N) is 2. The molecule has 3 aliphatic rings. The highest BCUT2D eigenvalue weighted by Crippen LogP contribution is 2.40. The van der Waals surface area contributed by atoms with E-state index in [4.69, 9.17) is 14.2 Å². The highest BCUT2D eigenvalue weighted by molar-refractivity contribution is 14.0. The average Bonchev–Trinajstić information content (AvgIpc) is 3.37. The van der Waals surface area contributed by atoms with E-state index in [9.17, 15) is 0 Å². The number of nitrogens with zero attached hydrogens (tertiary/aromatic N) is 1. The summed E-state index contributed by atoms with van der Waals surface area (Å²) >= 11 is 0. The third kappa shape index (κ3) is 4.36. The third-order valence-corrected chi connectivity index (χ3v) is 5.51. The van der Waals surface area contributed by atoms with E-state index in [0.29, 0.717) is 6.79 Å². The van der Waals surface area contributed by atoms with Crippen LogP contribution in [0.3, 0.4) is 0 Å². The second-order valence-corrected chi connectivity index (χ2v) is 7.21. The molecule has 0 spiro atoms. The zero-order chi connectivity index (χ0) is 17.1. The number of hydrogen-bond donors (Lipinski definition) is 2. The van der Waals surface area contributed by atoms with Crippen molar-refractivity contribution in [1.29, 1.82) is 0 Å². The van der Waals surface area contributed by atoms with Gasteiger partial charge in [0.15, 0.2) is 17.5 Å². The number of hydrogen-bond acceptors (Lipinski definition) is 4. The van der Waals surface area contributed by atoms with Crippen LogP contribution in [0.4, 0.5) is 0 Å². The minimum atomic E-state index is 0. The molecule has 2 aliphatic heterocycles. The van der Waals surface area contributed by atoms with E-state index in [1.54, 1.807) is 0 Å². The van der Waals surface area contributed by atoms with Crippen LogP contribution in [0.1, 0.15) is 31.2 Å². The molecular weight excluding hydrogens is 445 g/mol. The van der Waals surface area contributed by atoms with Gasteiger partial charge in [-0.25, -0.2) is 0 Å². The smallest absolute Gasteiger partial charge is 0.231 e. The Hall–Kier alpha value is -1.22. The molecule has 1 saturated heterocycles. The maximum Gasteiger partial charge on any atom is 0.231 e. The Balaban J connectivity index is 0.00000196. The van der Waals surface area contributed by atoms with E-state index >= 15 is 0 Å². The number of fused-ring (bicyclic) bond motifs is 1. The summed E-state index contributed by atoms with van der Waals surface area (Å²) < 4.78 is 16.7. The Kier molecular flexibility index (Phi) is 6.50. The van der Waals surface area contributed by atoms with Gasteiger partial charge in [0.25, 0.3) is 0 Å². The first-order chi connectivity index (χ1) is 12.3. The van der Waals surface area contributed by atoms with Crippen LogP contribution in [0.15, 0.2) is 23.2 Å². The molecule has 26 heavy (non-hydrogen) atoms. The summed E-state index contributed by atoms with van der Waals surface area (Å²) in [6.07, 6.45) is 4.64. The monoisotopic (exact) mass is 473 g/mol. The molecule has 0 aromatic heterocycles. The Morgan fingerprint density at radius 1 is 1.15 bits per heavy atom. The lowest BCUT2D eigenvalue weighted by Gasteiger charge is -2.38. The summed E-state index contributed by atoms with van der Waals surface area (Å²) in [4.78, 5) is 4.37. The summed E-state index contributed by atoms with van der Waals surface area (Å²) in [5, 5.41) is 6.98. The molecule has 0 bridgehead atoms. The second-order valence-electron chi connectivity index (χ2n) is 7.21. The minimum absolute atomic E-state index is 0. The zero-order valence-electron chi connectivity index (χ0n) is 15.3. The standard InChI is InChI=1S/C19H27N3O3.HI/c1-20-18(21-11-14-2-3-14)22-12-19(6-8-23-9-7-19)15-4-5-16-17(10-15)25-13-24-16;/h4-5,10,14H,2-3,6-9,11-13H2,1H3,(H2,20,21,22);1H. The third-order valence-electron chi connectivity index (χ3n) is 5.51. The minimum Gasteiger partial charge on any atom is -0.454 e. The summed E-state index contributed by atoms with van der Waals surface area (Å²) in [6, 6.07) is 6.33. The van der Waals surface area contributed by atoms with Gasteiger partial charge >= 0.3 is 0 Å². The first-order valence-electron chi connectivity index (χ1n) is 9.21. The summed E-state index contributed by atoms with van der Waals surface area (Å²) in [6.45, 7) is 3.72. The molecule has 1 saturated carbocycles. The Bertz CT molecular complexity index is 643. The van der Waals surface area contributed by atoms with Gasteiger partial charge in [-0.05, 0) is 49.3 Å². The molecule has 2 fully saturated rings. The van der Waals surface area contributed by atoms with Crippen LogP contribution in [0.25, 0.3) is 0 Å². The van der Waals surface area contributed by atoms with E-state index in [1.165, 1.54) is 18.4 Å². The molecule has 1 aromatic carbocycles. The van der Waals surface area contributed by atoms with Gasteiger partial charge in [0.1, 0.15) is 0 Å². The SMILES string of the molecule is CN=C(NCC1CC1)NCC1(c2ccc3c(c2)OCO3)CCOCC1.I. The molecule has 0 atom stereocenters. The Labute approximate surface area is 172 Å². The van der Waals surface area contributed by atoms with Crippen molar-refractivity contribution in [1.82, 2.24) is 10.6 Å². The number of rotatable bonds is 5. The van der Waals surface area contributed by atoms with Crippen molar-refractivity contribution in [2.75, 3.05) is 40.1 Å². The molecular formula is C19H28IN3O3. The molecule has 6 nitrogen and oxygen atoms in total. The quantitative estimate of drug-likeness (QED) is 0.391. The number of halogens is 1. The first kappa shape index (κ1) is 19.5. The molecule has 0 unspecified atom stereocenters. The molecule has 1 aliphatic carbocycles. The predicted molar refractivity (Wildman–Crippen MR) is 112 cm³/mol. The van der Waals surface area contributed by atoms with Gasteiger partial charge in [-0.15, -0.1) is 24.0 Å². The molecule has 144 valence electrons. The van der Waals surface area contributed by atoms with Crippen LogP contribution in [-0.4, -0.2) is 46.1 Å². The first-order valence-corrected chi connectivity index (χ1v) is 9.21. The van der Waals surface area contributed by atoms with E-state index in [2.05, 4.69) is 27.8 Å². The normalized spacial score (nSPS) is 21.0. The van der Waals surface area contributed by atoms with Gasteiger partial charge < -0.3 is 24.8 Å². The number of benzene rings is 1. The van der Waals surface area contributed by atoms with Gasteiger partial charge in [-0.3, -0.25) is 4.99 Å². The van der Waals surface area contributed by atoms with Crippen LogP contribution in [0.2, 0.25) is 0 Å². The highest BCUT2D eigenvalue weighted by atomic mass is 127. The van der Waals surface area contributed by atoms with E-state index in [1.807, 2.05) is 13.1 Å². The summed E-state index contributed by atoms with van der Waals surface area (Å²) in [7, 11) is 1.83. The van der Waals surface area contributed by atoms with Gasteiger partial charge in [0.2, 0.25) is 6.79 Å². The second kappa shape index (κ2) is 8.65. The van der Waals surface area contributed by atoms with Crippen LogP contribution in [0, 0.1) is 5.92 Å². The Morgan fingerprint density at radius 2 is 1.92 bits per heavy atom. The zero-order valence-corrected chi connectivity index (χ0v) is 17.6. The summed E-state index contributed by atoms with van der Waals surface area (Å²) in [5.74, 6) is 3.39. The lowest BCUT2D eigenvalue weighted by Crippen LogP contribution is -2.48. The maximum absolute atomic E-state index is 5.63. The Morgan fingerprint density at radius 3 is 2.65 bits per heavy atom. The van der Waals surface area contributed by atoms with Crippen molar-refractivity contribution >= 4 is 29.9 Å². The molecule has 7 heteroatoms. The van der Waals surface area contributed by atoms with Crippen LogP contribution in [0.5, 0.6) is 11.5 Å². The maximum atomic E-state index is 5.63. The van der Waals surface area contributed by atoms with Crippen LogP contribution in [-0.2, 0) is 10.2 Å². The fourth-order valence-corrected chi connectivity index (χ4v) is 3.59. The fourth-order valence-electron chi connectivity index (χ4n) is 3.59. The molecule has 1 aromatic rings. The van der Waals surface area contributed by atoms with Crippen molar-refractivity contribution in [2.24, 2.45) is 10.9 Å². The summed E-state index contributed by atoms with van der Waals surface area (Å²) in [5.41, 5.74) is 1.31. The largest absolute Gasteiger partial charge is 0.454 e. The van der Waals surface area contributed by atoms with Crippen LogP contribution >= 0.6 is 24.0 Å². The molecule has 4 rings (SSSR count). The number of ether oxygens (including phenoxy) is 3. The van der Waals surface area contributed by atoms with Gasteiger partial charge in [-0.2, -0.15) is 0 Å². The van der Waals surface area contributed by atoms with E-state index < -0.39 is 0 Å². The van der Waals surface area contributed by atoms with Crippen molar-refractivity contribution < 1.29 is 14.2 Å². The number of aliphatic imine (C=N–C) groups is 1. The van der Waals surface area contributed by atoms with Gasteiger partial charge in [-0.1, -0.05) is 6.07 Å². The van der Waals surface area contributed by atoms with Gasteiger partial charge in [0.05, 0.1) is 0 Å². The van der Waals surface area contributed by atoms with Gasteiger partial charge in [0, 0.05) is 38.8 Å². The molecule has 2 heterocycles. The lowest BCUT2D eigenvalue weighted by atomic mass is 9.74. The molecule has 0 amide bonds. The van der Waals surface area contributed by atoms with Crippen molar-refractivity contribution in [3.63, 3.8) is 0 Å². The lowest BCUT2D eigenvalue weighted by molar-refractivity contribution is 0.0513. The fraction of sp³-hybridized carbons (Fsp3) is 0.632. The van der Waals surface area contributed by atoms with Crippen molar-refractivity contribution in [2.45, 2.75) is 31.1 Å². The topological polar surface area (TPSA) is 64.1 Å². The van der Waals surface area contributed by atoms with Crippen molar-refractivity contribution in [3.05, 3.63) is 23.8 Å². The number of guanidine groups is 1. The molecule has 0 radical (unpaired) electrons.